The molecule has 0 radical (unpaired) electrons. The first-order chi connectivity index (χ1) is 17.0. The first-order valence-electron chi connectivity index (χ1n) is 11.3. The van der Waals surface area contributed by atoms with Crippen molar-refractivity contribution in [3.63, 3.8) is 0 Å². The van der Waals surface area contributed by atoms with Crippen LogP contribution in [0, 0.1) is 0 Å². The number of nitrogens with zero attached hydrogens (tertiary/aromatic N) is 2. The molecule has 1 saturated heterocycles. The highest BCUT2D eigenvalue weighted by atomic mass is 16.5. The lowest BCUT2D eigenvalue weighted by Crippen LogP contribution is -2.48. The summed E-state index contributed by atoms with van der Waals surface area (Å²) >= 11 is 0. The summed E-state index contributed by atoms with van der Waals surface area (Å²) in [7, 11) is 4.69. The molecule has 1 aliphatic rings. The number of carbonyl (C=O) groups excluding carboxylic acids is 2. The normalized spacial score (nSPS) is 13.2. The summed E-state index contributed by atoms with van der Waals surface area (Å²) < 4.78 is 15.7. The van der Waals surface area contributed by atoms with E-state index in [1.165, 1.54) is 7.11 Å². The van der Waals surface area contributed by atoms with E-state index < -0.39 is 0 Å². The number of hydrogen-bond acceptors (Lipinski definition) is 6. The molecule has 182 valence electrons. The van der Waals surface area contributed by atoms with E-state index in [9.17, 15) is 9.59 Å². The molecule has 0 atom stereocenters. The number of benzene rings is 3. The molecule has 0 aromatic heterocycles. The molecular weight excluding hydrogens is 446 g/mol. The Bertz CT molecular complexity index is 1170. The van der Waals surface area contributed by atoms with Gasteiger partial charge in [0.15, 0.2) is 0 Å². The molecule has 8 heteroatoms. The summed E-state index contributed by atoms with van der Waals surface area (Å²) in [5.74, 6) is 1.56. The largest absolute Gasteiger partial charge is 0.497 e. The Morgan fingerprint density at radius 2 is 1.37 bits per heavy atom. The van der Waals surface area contributed by atoms with Gasteiger partial charge in [-0.25, -0.2) is 0 Å². The Kier molecular flexibility index (Phi) is 7.40. The van der Waals surface area contributed by atoms with E-state index in [2.05, 4.69) is 10.2 Å². The van der Waals surface area contributed by atoms with Gasteiger partial charge in [0, 0.05) is 49.2 Å². The monoisotopic (exact) mass is 475 g/mol. The molecule has 1 aliphatic heterocycles. The van der Waals surface area contributed by atoms with Crippen molar-refractivity contribution in [1.82, 2.24) is 4.90 Å². The number of anilines is 2. The third-order valence-corrected chi connectivity index (χ3v) is 6.05. The molecule has 4 rings (SSSR count). The lowest BCUT2D eigenvalue weighted by atomic mass is 10.1. The minimum absolute atomic E-state index is 0.0272. The molecule has 0 spiro atoms. The van der Waals surface area contributed by atoms with E-state index in [4.69, 9.17) is 14.2 Å². The highest BCUT2D eigenvalue weighted by Crippen LogP contribution is 2.26. The van der Waals surface area contributed by atoms with Crippen molar-refractivity contribution < 1.29 is 23.8 Å². The SMILES string of the molecule is COc1ccc(C(=O)N2CCN(c3ccc(NC(=O)c4ccc(OC)cc4OC)cc3)CC2)cc1. The fraction of sp³-hybridized carbons (Fsp3) is 0.259. The number of rotatable bonds is 7. The Morgan fingerprint density at radius 1 is 0.743 bits per heavy atom. The Hall–Kier alpha value is -4.20. The minimum Gasteiger partial charge on any atom is -0.497 e. The lowest BCUT2D eigenvalue weighted by Gasteiger charge is -2.36. The summed E-state index contributed by atoms with van der Waals surface area (Å²) in [6.45, 7) is 2.74. The van der Waals surface area contributed by atoms with Gasteiger partial charge in [-0.15, -0.1) is 0 Å². The van der Waals surface area contributed by atoms with Crippen LogP contribution in [-0.4, -0.2) is 64.2 Å². The van der Waals surface area contributed by atoms with Gasteiger partial charge in [-0.3, -0.25) is 9.59 Å². The van der Waals surface area contributed by atoms with E-state index in [1.807, 2.05) is 29.2 Å². The Balaban J connectivity index is 1.34. The summed E-state index contributed by atoms with van der Waals surface area (Å²) in [6, 6.07) is 20.0. The molecule has 0 bridgehead atoms. The average molecular weight is 476 g/mol. The van der Waals surface area contributed by atoms with Crippen LogP contribution in [0.4, 0.5) is 11.4 Å². The second-order valence-corrected chi connectivity index (χ2v) is 8.07. The van der Waals surface area contributed by atoms with Gasteiger partial charge >= 0.3 is 0 Å². The van der Waals surface area contributed by atoms with Crippen molar-refractivity contribution in [2.45, 2.75) is 0 Å². The van der Waals surface area contributed by atoms with E-state index >= 15 is 0 Å². The molecule has 1 fully saturated rings. The number of carbonyl (C=O) groups is 2. The van der Waals surface area contributed by atoms with Gasteiger partial charge in [-0.1, -0.05) is 0 Å². The fourth-order valence-corrected chi connectivity index (χ4v) is 4.02. The molecule has 3 aromatic carbocycles. The standard InChI is InChI=1S/C27H29N3O5/c1-33-22-10-4-19(5-11-22)27(32)30-16-14-29(15-17-30)21-8-6-20(7-9-21)28-26(31)24-13-12-23(34-2)18-25(24)35-3/h4-13,18H,14-17H2,1-3H3,(H,28,31). The van der Waals surface area contributed by atoms with Crippen LogP contribution in [0.1, 0.15) is 20.7 Å². The van der Waals surface area contributed by atoms with E-state index in [1.54, 1.807) is 56.7 Å². The Morgan fingerprint density at radius 3 is 1.97 bits per heavy atom. The van der Waals surface area contributed by atoms with Gasteiger partial charge in [0.1, 0.15) is 17.2 Å². The summed E-state index contributed by atoms with van der Waals surface area (Å²) in [5.41, 5.74) is 2.81. The molecule has 35 heavy (non-hydrogen) atoms. The summed E-state index contributed by atoms with van der Waals surface area (Å²) in [4.78, 5) is 29.6. The van der Waals surface area contributed by atoms with Crippen molar-refractivity contribution in [3.8, 4) is 17.2 Å². The molecule has 8 nitrogen and oxygen atoms in total. The quantitative estimate of drug-likeness (QED) is 0.558. The van der Waals surface area contributed by atoms with Gasteiger partial charge in [0.05, 0.1) is 26.9 Å². The zero-order chi connectivity index (χ0) is 24.8. The van der Waals surface area contributed by atoms with E-state index in [-0.39, 0.29) is 11.8 Å². The van der Waals surface area contributed by atoms with Crippen molar-refractivity contribution in [3.05, 3.63) is 77.9 Å². The number of piperazine rings is 1. The van der Waals surface area contributed by atoms with Gasteiger partial charge in [0.2, 0.25) is 0 Å². The van der Waals surface area contributed by atoms with Crippen LogP contribution >= 0.6 is 0 Å². The number of amides is 2. The smallest absolute Gasteiger partial charge is 0.259 e. The molecular formula is C27H29N3O5. The van der Waals surface area contributed by atoms with Crippen LogP contribution in [-0.2, 0) is 0 Å². The fourth-order valence-electron chi connectivity index (χ4n) is 4.02. The molecule has 0 aliphatic carbocycles. The van der Waals surface area contributed by atoms with Crippen LogP contribution in [0.3, 0.4) is 0 Å². The van der Waals surface area contributed by atoms with Gasteiger partial charge in [-0.05, 0) is 60.7 Å². The van der Waals surface area contributed by atoms with Gasteiger partial charge in [0.25, 0.3) is 11.8 Å². The van der Waals surface area contributed by atoms with E-state index in [0.717, 1.165) is 24.5 Å². The van der Waals surface area contributed by atoms with Crippen molar-refractivity contribution >= 4 is 23.2 Å². The first kappa shape index (κ1) is 23.9. The predicted molar refractivity (Wildman–Crippen MR) is 135 cm³/mol. The van der Waals surface area contributed by atoms with Crippen LogP contribution in [0.15, 0.2) is 66.7 Å². The maximum atomic E-state index is 12.8. The van der Waals surface area contributed by atoms with Crippen molar-refractivity contribution in [2.75, 3.05) is 57.7 Å². The lowest BCUT2D eigenvalue weighted by molar-refractivity contribution is 0.0746. The molecule has 2 amide bonds. The van der Waals surface area contributed by atoms with Gasteiger partial charge < -0.3 is 29.3 Å². The second kappa shape index (κ2) is 10.8. The highest BCUT2D eigenvalue weighted by Gasteiger charge is 2.22. The maximum absolute atomic E-state index is 12.8. The number of nitrogens with one attached hydrogen (secondary N) is 1. The molecule has 3 aromatic rings. The zero-order valence-electron chi connectivity index (χ0n) is 20.1. The Labute approximate surface area is 205 Å². The van der Waals surface area contributed by atoms with Crippen LogP contribution in [0.25, 0.3) is 0 Å². The maximum Gasteiger partial charge on any atom is 0.259 e. The average Bonchev–Trinajstić information content (AvgIpc) is 2.92. The second-order valence-electron chi connectivity index (χ2n) is 8.07. The van der Waals surface area contributed by atoms with Crippen molar-refractivity contribution in [2.24, 2.45) is 0 Å². The third-order valence-electron chi connectivity index (χ3n) is 6.05. The van der Waals surface area contributed by atoms with Crippen molar-refractivity contribution in [1.29, 1.82) is 0 Å². The van der Waals surface area contributed by atoms with Gasteiger partial charge in [-0.2, -0.15) is 0 Å². The zero-order valence-corrected chi connectivity index (χ0v) is 20.1. The topological polar surface area (TPSA) is 80.3 Å². The predicted octanol–water partition coefficient (Wildman–Crippen LogP) is 3.93. The molecule has 1 N–H and O–H groups in total. The molecule has 0 unspecified atom stereocenters. The number of ether oxygens (including phenoxy) is 3. The van der Waals surface area contributed by atoms with E-state index in [0.29, 0.717) is 41.4 Å². The minimum atomic E-state index is -0.261. The van der Waals surface area contributed by atoms with Crippen LogP contribution < -0.4 is 24.4 Å². The first-order valence-corrected chi connectivity index (χ1v) is 11.3. The summed E-state index contributed by atoms with van der Waals surface area (Å²) in [6.07, 6.45) is 0. The number of hydrogen-bond donors (Lipinski definition) is 1. The molecule has 1 heterocycles. The van der Waals surface area contributed by atoms with Crippen LogP contribution in [0.2, 0.25) is 0 Å². The summed E-state index contributed by atoms with van der Waals surface area (Å²) in [5, 5.41) is 2.91. The third kappa shape index (κ3) is 5.48. The molecule has 0 saturated carbocycles. The van der Waals surface area contributed by atoms with Crippen LogP contribution in [0.5, 0.6) is 17.2 Å². The highest BCUT2D eigenvalue weighted by molar-refractivity contribution is 6.06. The number of methoxy groups -OCH3 is 3.